The Balaban J connectivity index is 1.61. The topological polar surface area (TPSA) is 113 Å². The van der Waals surface area contributed by atoms with E-state index < -0.39 is 11.9 Å². The first-order valence-electron chi connectivity index (χ1n) is 8.88. The summed E-state index contributed by atoms with van der Waals surface area (Å²) < 4.78 is 1.48. The standard InChI is InChI=1S/C20H18N4O4/c25-17-7-6-16(19(27)23-17)24-11-15-12(3-1-5-14(15)20(24)28)10-22-18(26)13-4-2-8-21-9-13/h1-5,8-9,11,16,28H,6-7,10H2,(H,22,26)(H,23,25,27). The number of nitrogens with one attached hydrogen (secondary N) is 2. The van der Waals surface area contributed by atoms with E-state index in [-0.39, 0.29) is 30.7 Å². The predicted octanol–water partition coefficient (Wildman–Crippen LogP) is 1.65. The highest BCUT2D eigenvalue weighted by Gasteiger charge is 2.30. The fourth-order valence-corrected chi connectivity index (χ4v) is 3.41. The maximum absolute atomic E-state index is 12.3. The van der Waals surface area contributed by atoms with Crippen LogP contribution in [0.2, 0.25) is 0 Å². The van der Waals surface area contributed by atoms with Crippen molar-refractivity contribution in [2.75, 3.05) is 0 Å². The molecule has 1 fully saturated rings. The van der Waals surface area contributed by atoms with Gasteiger partial charge in [-0.15, -0.1) is 0 Å². The number of aromatic hydroxyl groups is 1. The van der Waals surface area contributed by atoms with Crippen molar-refractivity contribution >= 4 is 28.5 Å². The van der Waals surface area contributed by atoms with Crippen LogP contribution in [0.15, 0.2) is 48.9 Å². The van der Waals surface area contributed by atoms with E-state index in [1.807, 2.05) is 6.07 Å². The Bertz CT molecular complexity index is 1070. The molecule has 142 valence electrons. The second-order valence-corrected chi connectivity index (χ2v) is 6.63. The number of carbonyl (C=O) groups excluding carboxylic acids is 3. The lowest BCUT2D eigenvalue weighted by Gasteiger charge is -2.22. The molecular weight excluding hydrogens is 360 g/mol. The van der Waals surface area contributed by atoms with E-state index in [1.54, 1.807) is 36.7 Å². The van der Waals surface area contributed by atoms with Gasteiger partial charge in [0.15, 0.2) is 5.88 Å². The lowest BCUT2D eigenvalue weighted by Crippen LogP contribution is -2.41. The van der Waals surface area contributed by atoms with Crippen LogP contribution in [-0.2, 0) is 16.1 Å². The number of benzene rings is 1. The molecule has 8 heteroatoms. The summed E-state index contributed by atoms with van der Waals surface area (Å²) in [7, 11) is 0. The van der Waals surface area contributed by atoms with E-state index in [4.69, 9.17) is 0 Å². The Morgan fingerprint density at radius 2 is 2.11 bits per heavy atom. The summed E-state index contributed by atoms with van der Waals surface area (Å²) in [4.78, 5) is 39.7. The van der Waals surface area contributed by atoms with Crippen LogP contribution in [0.3, 0.4) is 0 Å². The molecule has 0 bridgehead atoms. The van der Waals surface area contributed by atoms with Crippen molar-refractivity contribution in [3.63, 3.8) is 0 Å². The van der Waals surface area contributed by atoms with Crippen LogP contribution in [0.1, 0.15) is 34.8 Å². The molecule has 3 heterocycles. The van der Waals surface area contributed by atoms with Crippen LogP contribution < -0.4 is 10.6 Å². The Morgan fingerprint density at radius 3 is 2.86 bits per heavy atom. The minimum Gasteiger partial charge on any atom is -0.494 e. The molecule has 3 N–H and O–H groups in total. The molecule has 0 aliphatic carbocycles. The van der Waals surface area contributed by atoms with Crippen molar-refractivity contribution in [1.29, 1.82) is 0 Å². The highest BCUT2D eigenvalue weighted by molar-refractivity contribution is 6.00. The Kier molecular flexibility index (Phi) is 4.52. The van der Waals surface area contributed by atoms with Gasteiger partial charge >= 0.3 is 0 Å². The summed E-state index contributed by atoms with van der Waals surface area (Å²) in [6.07, 6.45) is 5.32. The summed E-state index contributed by atoms with van der Waals surface area (Å²) >= 11 is 0. The first kappa shape index (κ1) is 17.7. The van der Waals surface area contributed by atoms with Gasteiger partial charge in [-0.1, -0.05) is 12.1 Å². The summed E-state index contributed by atoms with van der Waals surface area (Å²) in [5.41, 5.74) is 1.26. The number of hydrogen-bond acceptors (Lipinski definition) is 5. The number of imide groups is 1. The molecule has 1 saturated heterocycles. The Labute approximate surface area is 160 Å². The molecular formula is C20H18N4O4. The van der Waals surface area contributed by atoms with Crippen LogP contribution in [0.5, 0.6) is 5.88 Å². The number of nitrogens with zero attached hydrogens (tertiary/aromatic N) is 2. The molecule has 1 atom stereocenters. The van der Waals surface area contributed by atoms with Gasteiger partial charge in [0.2, 0.25) is 11.8 Å². The maximum atomic E-state index is 12.3. The van der Waals surface area contributed by atoms with Gasteiger partial charge < -0.3 is 15.0 Å². The monoisotopic (exact) mass is 378 g/mol. The van der Waals surface area contributed by atoms with E-state index in [0.717, 1.165) is 10.9 Å². The summed E-state index contributed by atoms with van der Waals surface area (Å²) in [6.45, 7) is 0.254. The third kappa shape index (κ3) is 3.20. The minimum absolute atomic E-state index is 0.0371. The lowest BCUT2D eigenvalue weighted by molar-refractivity contribution is -0.135. The number of piperidine rings is 1. The molecule has 1 unspecified atom stereocenters. The molecule has 1 aliphatic heterocycles. The molecule has 3 amide bonds. The first-order chi connectivity index (χ1) is 13.5. The van der Waals surface area contributed by atoms with Crippen LogP contribution in [0.4, 0.5) is 0 Å². The number of amides is 3. The highest BCUT2D eigenvalue weighted by atomic mass is 16.3. The predicted molar refractivity (Wildman–Crippen MR) is 100 cm³/mol. The molecule has 8 nitrogen and oxygen atoms in total. The average Bonchev–Trinajstić information content (AvgIpc) is 3.04. The SMILES string of the molecule is O=C1CCC(n2cc3c(CNC(=O)c4cccnc4)cccc3c2O)C(=O)N1. The van der Waals surface area contributed by atoms with Crippen LogP contribution in [0.25, 0.3) is 10.8 Å². The second-order valence-electron chi connectivity index (χ2n) is 6.63. The van der Waals surface area contributed by atoms with E-state index in [9.17, 15) is 19.5 Å². The van der Waals surface area contributed by atoms with E-state index in [1.165, 1.54) is 10.8 Å². The van der Waals surface area contributed by atoms with Crippen LogP contribution >= 0.6 is 0 Å². The van der Waals surface area contributed by atoms with Gasteiger partial charge in [-0.25, -0.2) is 0 Å². The quantitative estimate of drug-likeness (QED) is 0.598. The van der Waals surface area contributed by atoms with Crippen molar-refractivity contribution in [3.05, 3.63) is 60.0 Å². The van der Waals surface area contributed by atoms with Crippen molar-refractivity contribution in [2.24, 2.45) is 0 Å². The van der Waals surface area contributed by atoms with Gasteiger partial charge in [0.05, 0.1) is 5.56 Å². The largest absolute Gasteiger partial charge is 0.494 e. The average molecular weight is 378 g/mol. The van der Waals surface area contributed by atoms with Crippen molar-refractivity contribution in [1.82, 2.24) is 20.2 Å². The molecule has 2 aromatic heterocycles. The summed E-state index contributed by atoms with van der Waals surface area (Å²) in [5, 5.41) is 17.1. The number of aromatic nitrogens is 2. The van der Waals surface area contributed by atoms with Gasteiger partial charge in [0.25, 0.3) is 5.91 Å². The van der Waals surface area contributed by atoms with Crippen molar-refractivity contribution in [2.45, 2.75) is 25.4 Å². The molecule has 0 radical (unpaired) electrons. The third-order valence-corrected chi connectivity index (χ3v) is 4.86. The Hall–Kier alpha value is -3.68. The molecule has 0 spiro atoms. The fraction of sp³-hybridized carbons (Fsp3) is 0.200. The molecule has 1 aromatic carbocycles. The maximum Gasteiger partial charge on any atom is 0.253 e. The molecule has 0 saturated carbocycles. The lowest BCUT2D eigenvalue weighted by atomic mass is 10.1. The van der Waals surface area contributed by atoms with E-state index in [0.29, 0.717) is 17.4 Å². The summed E-state index contributed by atoms with van der Waals surface area (Å²) in [5.74, 6) is -1.03. The highest BCUT2D eigenvalue weighted by Crippen LogP contribution is 2.34. The van der Waals surface area contributed by atoms with Crippen LogP contribution in [0, 0.1) is 0 Å². The van der Waals surface area contributed by atoms with E-state index >= 15 is 0 Å². The minimum atomic E-state index is -0.650. The first-order valence-corrected chi connectivity index (χ1v) is 8.88. The zero-order valence-corrected chi connectivity index (χ0v) is 14.9. The number of rotatable bonds is 4. The number of carbonyl (C=O) groups is 3. The molecule has 1 aliphatic rings. The zero-order chi connectivity index (χ0) is 19.7. The summed E-state index contributed by atoms with van der Waals surface area (Å²) in [6, 6.07) is 8.09. The molecule has 3 aromatic rings. The fourth-order valence-electron chi connectivity index (χ4n) is 3.41. The van der Waals surface area contributed by atoms with Crippen LogP contribution in [-0.4, -0.2) is 32.4 Å². The van der Waals surface area contributed by atoms with Gasteiger partial charge in [-0.05, 0) is 30.2 Å². The van der Waals surface area contributed by atoms with Gasteiger partial charge in [0.1, 0.15) is 6.04 Å². The van der Waals surface area contributed by atoms with E-state index in [2.05, 4.69) is 15.6 Å². The van der Waals surface area contributed by atoms with Crippen molar-refractivity contribution in [3.8, 4) is 5.88 Å². The number of hydrogen-bond donors (Lipinski definition) is 3. The number of pyridine rings is 1. The van der Waals surface area contributed by atoms with Gasteiger partial charge in [-0.3, -0.25) is 24.7 Å². The van der Waals surface area contributed by atoms with Crippen molar-refractivity contribution < 1.29 is 19.5 Å². The zero-order valence-electron chi connectivity index (χ0n) is 14.9. The smallest absolute Gasteiger partial charge is 0.253 e. The van der Waals surface area contributed by atoms with Gasteiger partial charge in [0, 0.05) is 42.3 Å². The third-order valence-electron chi connectivity index (χ3n) is 4.86. The van der Waals surface area contributed by atoms with Gasteiger partial charge in [-0.2, -0.15) is 0 Å². The Morgan fingerprint density at radius 1 is 1.25 bits per heavy atom. The second kappa shape index (κ2) is 7.15. The number of fused-ring (bicyclic) bond motifs is 1. The molecule has 28 heavy (non-hydrogen) atoms. The molecule has 4 rings (SSSR count). The normalized spacial score (nSPS) is 16.8.